The first-order chi connectivity index (χ1) is 9.97. The van der Waals surface area contributed by atoms with Gasteiger partial charge in [-0.1, -0.05) is 27.7 Å². The van der Waals surface area contributed by atoms with Gasteiger partial charge in [0, 0.05) is 32.8 Å². The van der Waals surface area contributed by atoms with Crippen molar-refractivity contribution in [2.24, 2.45) is 23.7 Å². The van der Waals surface area contributed by atoms with Crippen LogP contribution in [0.25, 0.3) is 0 Å². The Morgan fingerprint density at radius 1 is 1.19 bits per heavy atom. The molecule has 1 N–H and O–H groups in total. The lowest BCUT2D eigenvalue weighted by Crippen LogP contribution is -2.46. The third-order valence-electron chi connectivity index (χ3n) is 5.06. The van der Waals surface area contributed by atoms with Crippen molar-refractivity contribution in [2.45, 2.75) is 53.0 Å². The van der Waals surface area contributed by atoms with Gasteiger partial charge >= 0.3 is 0 Å². The number of methoxy groups -OCH3 is 1. The van der Waals surface area contributed by atoms with Gasteiger partial charge in [0.2, 0.25) is 0 Å². The van der Waals surface area contributed by atoms with Gasteiger partial charge in [-0.25, -0.2) is 0 Å². The van der Waals surface area contributed by atoms with Gasteiger partial charge in [-0.3, -0.25) is 0 Å². The molecule has 0 spiro atoms. The Balaban J connectivity index is 2.62. The molecule has 0 aromatic carbocycles. The van der Waals surface area contributed by atoms with E-state index in [1.165, 1.54) is 32.4 Å². The first-order valence-corrected chi connectivity index (χ1v) is 8.86. The Morgan fingerprint density at radius 3 is 2.43 bits per heavy atom. The predicted molar refractivity (Wildman–Crippen MR) is 91.7 cm³/mol. The lowest BCUT2D eigenvalue weighted by Gasteiger charge is -2.40. The molecule has 3 unspecified atom stereocenters. The highest BCUT2D eigenvalue weighted by Crippen LogP contribution is 2.34. The second kappa shape index (κ2) is 9.81. The Morgan fingerprint density at radius 2 is 1.90 bits per heavy atom. The van der Waals surface area contributed by atoms with Crippen LogP contribution in [0.4, 0.5) is 0 Å². The monoisotopic (exact) mass is 298 g/mol. The summed E-state index contributed by atoms with van der Waals surface area (Å²) in [6.45, 7) is 13.7. The normalized spacial score (nSPS) is 27.0. The van der Waals surface area contributed by atoms with Crippen molar-refractivity contribution < 1.29 is 4.74 Å². The predicted octanol–water partition coefficient (Wildman–Crippen LogP) is 3.25. The van der Waals surface area contributed by atoms with E-state index in [0.29, 0.717) is 6.04 Å². The molecule has 0 saturated heterocycles. The van der Waals surface area contributed by atoms with E-state index in [0.717, 1.165) is 36.8 Å². The Bertz CT molecular complexity index is 268. The maximum absolute atomic E-state index is 5.30. The summed E-state index contributed by atoms with van der Waals surface area (Å²) in [5.41, 5.74) is 0. The number of rotatable bonds is 9. The molecule has 3 atom stereocenters. The average Bonchev–Trinajstić information content (AvgIpc) is 2.44. The molecule has 1 aliphatic rings. The van der Waals surface area contributed by atoms with Crippen LogP contribution in [0.15, 0.2) is 0 Å². The van der Waals surface area contributed by atoms with E-state index in [2.05, 4.69) is 45.0 Å². The van der Waals surface area contributed by atoms with Crippen LogP contribution in [-0.4, -0.2) is 51.3 Å². The summed E-state index contributed by atoms with van der Waals surface area (Å²) < 4.78 is 5.30. The zero-order valence-corrected chi connectivity index (χ0v) is 15.2. The van der Waals surface area contributed by atoms with E-state index in [9.17, 15) is 0 Å². The number of nitrogens with zero attached hydrogens (tertiary/aromatic N) is 1. The van der Waals surface area contributed by atoms with Gasteiger partial charge in [0.1, 0.15) is 0 Å². The molecule has 0 radical (unpaired) electrons. The Hall–Kier alpha value is -0.120. The molecule has 0 aliphatic heterocycles. The van der Waals surface area contributed by atoms with Gasteiger partial charge in [-0.15, -0.1) is 0 Å². The van der Waals surface area contributed by atoms with E-state index in [1.807, 2.05) is 0 Å². The fourth-order valence-corrected chi connectivity index (χ4v) is 3.81. The third kappa shape index (κ3) is 6.66. The molecule has 3 heteroatoms. The van der Waals surface area contributed by atoms with Gasteiger partial charge in [-0.2, -0.15) is 0 Å². The molecule has 0 aromatic rings. The summed E-state index contributed by atoms with van der Waals surface area (Å²) in [7, 11) is 3.94. The summed E-state index contributed by atoms with van der Waals surface area (Å²) in [5, 5.41) is 3.57. The van der Waals surface area contributed by atoms with Crippen LogP contribution in [-0.2, 0) is 4.74 Å². The van der Waals surface area contributed by atoms with Gasteiger partial charge in [0.25, 0.3) is 0 Å². The van der Waals surface area contributed by atoms with Crippen molar-refractivity contribution in [1.82, 2.24) is 10.2 Å². The lowest BCUT2D eigenvalue weighted by atomic mass is 9.73. The second-order valence-electron chi connectivity index (χ2n) is 7.62. The lowest BCUT2D eigenvalue weighted by molar-refractivity contribution is 0.0929. The van der Waals surface area contributed by atoms with Crippen molar-refractivity contribution in [3.8, 4) is 0 Å². The van der Waals surface area contributed by atoms with Gasteiger partial charge < -0.3 is 15.0 Å². The molecular weight excluding hydrogens is 260 g/mol. The number of hydrogen-bond donors (Lipinski definition) is 1. The highest BCUT2D eigenvalue weighted by Gasteiger charge is 2.32. The molecule has 3 nitrogen and oxygen atoms in total. The molecule has 1 aliphatic carbocycles. The van der Waals surface area contributed by atoms with Crippen molar-refractivity contribution >= 4 is 0 Å². The van der Waals surface area contributed by atoms with Gasteiger partial charge in [0.15, 0.2) is 0 Å². The first-order valence-electron chi connectivity index (χ1n) is 8.86. The fourth-order valence-electron chi connectivity index (χ4n) is 3.81. The Labute approximate surface area is 132 Å². The van der Waals surface area contributed by atoms with Gasteiger partial charge in [0.05, 0.1) is 6.61 Å². The van der Waals surface area contributed by atoms with Crippen molar-refractivity contribution in [2.75, 3.05) is 40.4 Å². The van der Waals surface area contributed by atoms with E-state index < -0.39 is 0 Å². The van der Waals surface area contributed by atoms with Crippen LogP contribution < -0.4 is 5.32 Å². The number of nitrogens with one attached hydrogen (secondary N) is 1. The standard InChI is InChI=1S/C18H38N2O/c1-14(2)12-20(9-10-21-6)13-17-11-16(15(3)4)7-8-18(17)19-5/h14-19H,7-13H2,1-6H3. The SMILES string of the molecule is CNC1CCC(C(C)C)CC1CN(CCOC)CC(C)C. The van der Waals surface area contributed by atoms with Crippen molar-refractivity contribution in [3.63, 3.8) is 0 Å². The second-order valence-corrected chi connectivity index (χ2v) is 7.62. The van der Waals surface area contributed by atoms with Crippen LogP contribution in [0, 0.1) is 23.7 Å². The molecule has 0 amide bonds. The summed E-state index contributed by atoms with van der Waals surface area (Å²) in [4.78, 5) is 2.62. The summed E-state index contributed by atoms with van der Waals surface area (Å²) in [5.74, 6) is 3.23. The molecule has 0 bridgehead atoms. The number of hydrogen-bond acceptors (Lipinski definition) is 3. The molecule has 126 valence electrons. The van der Waals surface area contributed by atoms with Crippen molar-refractivity contribution in [3.05, 3.63) is 0 Å². The fraction of sp³-hybridized carbons (Fsp3) is 1.00. The molecule has 1 rings (SSSR count). The molecule has 1 fully saturated rings. The van der Waals surface area contributed by atoms with E-state index in [4.69, 9.17) is 4.74 Å². The average molecular weight is 299 g/mol. The highest BCUT2D eigenvalue weighted by atomic mass is 16.5. The molecule has 21 heavy (non-hydrogen) atoms. The third-order valence-corrected chi connectivity index (χ3v) is 5.06. The van der Waals surface area contributed by atoms with Gasteiger partial charge in [-0.05, 0) is 50.0 Å². The number of ether oxygens (including phenoxy) is 1. The topological polar surface area (TPSA) is 24.5 Å². The zero-order chi connectivity index (χ0) is 15.8. The summed E-state index contributed by atoms with van der Waals surface area (Å²) >= 11 is 0. The first kappa shape index (κ1) is 18.9. The summed E-state index contributed by atoms with van der Waals surface area (Å²) in [6.07, 6.45) is 4.11. The van der Waals surface area contributed by atoms with E-state index >= 15 is 0 Å². The van der Waals surface area contributed by atoms with Crippen LogP contribution >= 0.6 is 0 Å². The smallest absolute Gasteiger partial charge is 0.0589 e. The molecule has 0 aromatic heterocycles. The minimum absolute atomic E-state index is 0.692. The van der Waals surface area contributed by atoms with E-state index in [1.54, 1.807) is 7.11 Å². The zero-order valence-electron chi connectivity index (χ0n) is 15.2. The van der Waals surface area contributed by atoms with E-state index in [-0.39, 0.29) is 0 Å². The minimum atomic E-state index is 0.692. The largest absolute Gasteiger partial charge is 0.383 e. The van der Waals surface area contributed by atoms with Crippen molar-refractivity contribution in [1.29, 1.82) is 0 Å². The quantitative estimate of drug-likeness (QED) is 0.707. The minimum Gasteiger partial charge on any atom is -0.383 e. The van der Waals surface area contributed by atoms with Crippen LogP contribution in [0.1, 0.15) is 47.0 Å². The van der Waals surface area contributed by atoms with Crippen LogP contribution in [0.3, 0.4) is 0 Å². The molecule has 0 heterocycles. The van der Waals surface area contributed by atoms with Crippen LogP contribution in [0.5, 0.6) is 0 Å². The maximum Gasteiger partial charge on any atom is 0.0589 e. The highest BCUT2D eigenvalue weighted by molar-refractivity contribution is 4.87. The summed E-state index contributed by atoms with van der Waals surface area (Å²) in [6, 6.07) is 0.692. The van der Waals surface area contributed by atoms with Crippen LogP contribution in [0.2, 0.25) is 0 Å². The Kier molecular flexibility index (Phi) is 8.84. The molecular formula is C18H38N2O. The maximum atomic E-state index is 5.30. The molecule has 1 saturated carbocycles.